The van der Waals surface area contributed by atoms with Gasteiger partial charge < -0.3 is 9.15 Å². The molecule has 25 heavy (non-hydrogen) atoms. The summed E-state index contributed by atoms with van der Waals surface area (Å²) in [5.41, 5.74) is 1.56. The predicted octanol–water partition coefficient (Wildman–Crippen LogP) is 3.99. The molecule has 0 spiro atoms. The Bertz CT molecular complexity index is 957. The molecule has 6 nitrogen and oxygen atoms in total. The molecule has 2 heterocycles. The SMILES string of the molecule is CCOC(=O)c1ccc(NS(=O)(=O)c2ccc(-c3ccoc3)s2)cc1. The molecule has 3 aromatic rings. The number of ether oxygens (including phenoxy) is 1. The van der Waals surface area contributed by atoms with E-state index in [9.17, 15) is 13.2 Å². The zero-order chi connectivity index (χ0) is 17.9. The Hall–Kier alpha value is -2.58. The fraction of sp³-hybridized carbons (Fsp3) is 0.118. The van der Waals surface area contributed by atoms with Crippen molar-refractivity contribution in [1.29, 1.82) is 0 Å². The Morgan fingerprint density at radius 3 is 2.56 bits per heavy atom. The minimum Gasteiger partial charge on any atom is -0.472 e. The van der Waals surface area contributed by atoms with Gasteiger partial charge in [-0.2, -0.15) is 0 Å². The van der Waals surface area contributed by atoms with E-state index in [1.807, 2.05) is 0 Å². The number of nitrogens with one attached hydrogen (secondary N) is 1. The molecule has 3 rings (SSSR count). The van der Waals surface area contributed by atoms with Gasteiger partial charge in [-0.25, -0.2) is 13.2 Å². The first kappa shape index (κ1) is 17.2. The largest absolute Gasteiger partial charge is 0.472 e. The van der Waals surface area contributed by atoms with Crippen LogP contribution in [0, 0.1) is 0 Å². The van der Waals surface area contributed by atoms with Crippen molar-refractivity contribution >= 4 is 33.0 Å². The van der Waals surface area contributed by atoms with Gasteiger partial charge in [-0.3, -0.25) is 4.72 Å². The van der Waals surface area contributed by atoms with Gasteiger partial charge in [0.2, 0.25) is 0 Å². The third kappa shape index (κ3) is 3.92. The third-order valence-electron chi connectivity index (χ3n) is 3.30. The first-order chi connectivity index (χ1) is 12.0. The van der Waals surface area contributed by atoms with Gasteiger partial charge >= 0.3 is 5.97 Å². The molecular weight excluding hydrogens is 362 g/mol. The van der Waals surface area contributed by atoms with Crippen LogP contribution in [-0.2, 0) is 14.8 Å². The Morgan fingerprint density at radius 1 is 1.16 bits per heavy atom. The second-order valence-corrected chi connectivity index (χ2v) is 8.03. The number of sulfonamides is 1. The fourth-order valence-corrected chi connectivity index (χ4v) is 4.47. The summed E-state index contributed by atoms with van der Waals surface area (Å²) in [4.78, 5) is 12.4. The average molecular weight is 377 g/mol. The van der Waals surface area contributed by atoms with Gasteiger partial charge in [-0.1, -0.05) is 0 Å². The molecule has 1 aromatic carbocycles. The zero-order valence-electron chi connectivity index (χ0n) is 13.3. The number of thiophene rings is 1. The normalized spacial score (nSPS) is 11.2. The summed E-state index contributed by atoms with van der Waals surface area (Å²) in [5.74, 6) is -0.445. The molecule has 0 aliphatic heterocycles. The van der Waals surface area contributed by atoms with Crippen molar-refractivity contribution in [2.24, 2.45) is 0 Å². The van der Waals surface area contributed by atoms with Gasteiger partial charge in [0.1, 0.15) is 4.21 Å². The van der Waals surface area contributed by atoms with E-state index in [1.165, 1.54) is 30.5 Å². The van der Waals surface area contributed by atoms with Crippen LogP contribution in [0.3, 0.4) is 0 Å². The van der Waals surface area contributed by atoms with E-state index in [4.69, 9.17) is 9.15 Å². The van der Waals surface area contributed by atoms with Crippen LogP contribution in [0.1, 0.15) is 17.3 Å². The first-order valence-electron chi connectivity index (χ1n) is 7.42. The lowest BCUT2D eigenvalue weighted by Gasteiger charge is -2.07. The Balaban J connectivity index is 1.76. The van der Waals surface area contributed by atoms with Crippen LogP contribution >= 0.6 is 11.3 Å². The monoisotopic (exact) mass is 377 g/mol. The van der Waals surface area contributed by atoms with Gasteiger partial charge in [-0.15, -0.1) is 11.3 Å². The molecule has 0 radical (unpaired) electrons. The molecule has 0 bridgehead atoms. The van der Waals surface area contributed by atoms with Crippen LogP contribution in [0.5, 0.6) is 0 Å². The van der Waals surface area contributed by atoms with Gasteiger partial charge in [-0.05, 0) is 49.4 Å². The first-order valence-corrected chi connectivity index (χ1v) is 9.72. The molecular formula is C17H15NO5S2. The minimum atomic E-state index is -3.71. The van der Waals surface area contributed by atoms with Crippen molar-refractivity contribution in [3.8, 4) is 10.4 Å². The highest BCUT2D eigenvalue weighted by atomic mass is 32.2. The molecule has 0 saturated heterocycles. The highest BCUT2D eigenvalue weighted by Crippen LogP contribution is 2.31. The summed E-state index contributed by atoms with van der Waals surface area (Å²) in [6, 6.07) is 11.1. The van der Waals surface area contributed by atoms with Crippen LogP contribution in [0.25, 0.3) is 10.4 Å². The number of esters is 1. The maximum Gasteiger partial charge on any atom is 0.338 e. The van der Waals surface area contributed by atoms with Crippen molar-refractivity contribution in [3.63, 3.8) is 0 Å². The van der Waals surface area contributed by atoms with Crippen LogP contribution in [-0.4, -0.2) is 21.0 Å². The molecule has 0 saturated carbocycles. The van der Waals surface area contributed by atoms with Crippen LogP contribution in [0.15, 0.2) is 63.6 Å². The van der Waals surface area contributed by atoms with Crippen LogP contribution < -0.4 is 4.72 Å². The van der Waals surface area contributed by atoms with E-state index in [-0.39, 0.29) is 10.8 Å². The molecule has 2 aromatic heterocycles. The second kappa shape index (κ2) is 7.12. The quantitative estimate of drug-likeness (QED) is 0.657. The lowest BCUT2D eigenvalue weighted by molar-refractivity contribution is 0.0526. The van der Waals surface area contributed by atoms with Crippen molar-refractivity contribution < 1.29 is 22.4 Å². The maximum atomic E-state index is 12.5. The number of hydrogen-bond acceptors (Lipinski definition) is 6. The summed E-state index contributed by atoms with van der Waals surface area (Å²) < 4.78 is 37.6. The van der Waals surface area contributed by atoms with Gasteiger partial charge in [0.15, 0.2) is 0 Å². The molecule has 0 atom stereocenters. The molecule has 0 fully saturated rings. The van der Waals surface area contributed by atoms with E-state index in [0.29, 0.717) is 11.3 Å². The average Bonchev–Trinajstić information content (AvgIpc) is 3.27. The molecule has 0 aliphatic rings. The molecule has 0 unspecified atom stereocenters. The summed E-state index contributed by atoms with van der Waals surface area (Å²) in [5, 5.41) is 0. The number of rotatable bonds is 6. The van der Waals surface area contributed by atoms with Crippen molar-refractivity contribution in [2.75, 3.05) is 11.3 Å². The molecule has 130 valence electrons. The number of benzene rings is 1. The topological polar surface area (TPSA) is 85.6 Å². The summed E-state index contributed by atoms with van der Waals surface area (Å²) in [6.07, 6.45) is 3.09. The second-order valence-electron chi connectivity index (χ2n) is 5.03. The van der Waals surface area contributed by atoms with Crippen molar-refractivity contribution in [1.82, 2.24) is 0 Å². The standard InChI is InChI=1S/C17H15NO5S2/c1-2-23-17(19)12-3-5-14(6-4-12)18-25(20,21)16-8-7-15(24-16)13-9-10-22-11-13/h3-11,18H,2H2,1H3. The minimum absolute atomic E-state index is 0.193. The lowest BCUT2D eigenvalue weighted by Crippen LogP contribution is -2.11. The van der Waals surface area contributed by atoms with Crippen LogP contribution in [0.4, 0.5) is 5.69 Å². The van der Waals surface area contributed by atoms with Crippen molar-refractivity contribution in [2.45, 2.75) is 11.1 Å². The van der Waals surface area contributed by atoms with Gasteiger partial charge in [0.05, 0.1) is 24.7 Å². The van der Waals surface area contributed by atoms with Crippen LogP contribution in [0.2, 0.25) is 0 Å². The Kier molecular flexibility index (Phi) is 4.91. The molecule has 8 heteroatoms. The highest BCUT2D eigenvalue weighted by molar-refractivity contribution is 7.94. The predicted molar refractivity (Wildman–Crippen MR) is 95.2 cm³/mol. The number of hydrogen-bond donors (Lipinski definition) is 1. The maximum absolute atomic E-state index is 12.5. The zero-order valence-corrected chi connectivity index (χ0v) is 14.9. The Labute approximate surface area is 149 Å². The van der Waals surface area contributed by atoms with Gasteiger partial charge in [0.25, 0.3) is 10.0 Å². The number of carbonyl (C=O) groups is 1. The highest BCUT2D eigenvalue weighted by Gasteiger charge is 2.18. The van der Waals surface area contributed by atoms with E-state index in [0.717, 1.165) is 21.8 Å². The van der Waals surface area contributed by atoms with Crippen molar-refractivity contribution in [3.05, 3.63) is 60.6 Å². The number of carbonyl (C=O) groups excluding carboxylic acids is 1. The lowest BCUT2D eigenvalue weighted by atomic mass is 10.2. The van der Waals surface area contributed by atoms with E-state index in [2.05, 4.69) is 4.72 Å². The molecule has 1 N–H and O–H groups in total. The van der Waals surface area contributed by atoms with Gasteiger partial charge in [0, 0.05) is 16.1 Å². The fourth-order valence-electron chi connectivity index (χ4n) is 2.12. The molecule has 0 amide bonds. The van der Waals surface area contributed by atoms with E-state index < -0.39 is 16.0 Å². The summed E-state index contributed by atoms with van der Waals surface area (Å²) >= 11 is 1.15. The summed E-state index contributed by atoms with van der Waals surface area (Å²) in [6.45, 7) is 2.00. The third-order valence-corrected chi connectivity index (χ3v) is 6.31. The Morgan fingerprint density at radius 2 is 1.92 bits per heavy atom. The number of anilines is 1. The van der Waals surface area contributed by atoms with E-state index in [1.54, 1.807) is 31.4 Å². The smallest absolute Gasteiger partial charge is 0.338 e. The summed E-state index contributed by atoms with van der Waals surface area (Å²) in [7, 11) is -3.71. The number of furan rings is 1. The van der Waals surface area contributed by atoms with E-state index >= 15 is 0 Å². The molecule has 0 aliphatic carbocycles.